The number of likely N-dealkylation sites (tertiary alicyclic amines) is 1. The second-order valence-corrected chi connectivity index (χ2v) is 7.28. The van der Waals surface area contributed by atoms with Crippen LogP contribution in [0.25, 0.3) is 11.0 Å². The van der Waals surface area contributed by atoms with Gasteiger partial charge < -0.3 is 4.90 Å². The van der Waals surface area contributed by atoms with E-state index in [1.807, 2.05) is 30.9 Å². The van der Waals surface area contributed by atoms with E-state index >= 15 is 0 Å². The fourth-order valence-electron chi connectivity index (χ4n) is 2.96. The van der Waals surface area contributed by atoms with Crippen molar-refractivity contribution in [2.45, 2.75) is 26.7 Å². The van der Waals surface area contributed by atoms with Crippen LogP contribution in [0.5, 0.6) is 0 Å². The van der Waals surface area contributed by atoms with E-state index in [1.165, 1.54) is 3.97 Å². The van der Waals surface area contributed by atoms with E-state index in [4.69, 9.17) is 0 Å². The number of hydrogen-bond acceptors (Lipinski definition) is 5. The Morgan fingerprint density at radius 2 is 1.82 bits per heavy atom. The SMILES string of the molecule is Cc1cc2nc3n(c2cc1C)S(=O)(=O)N=C(N1CCCC1)N3. The van der Waals surface area contributed by atoms with Crippen LogP contribution in [0.15, 0.2) is 16.5 Å². The highest BCUT2D eigenvalue weighted by Crippen LogP contribution is 2.28. The Hall–Kier alpha value is -2.09. The number of benzene rings is 1. The minimum atomic E-state index is -3.80. The molecule has 22 heavy (non-hydrogen) atoms. The predicted octanol–water partition coefficient (Wildman–Crippen LogP) is 1.62. The molecule has 2 aliphatic heterocycles. The highest BCUT2D eigenvalue weighted by Gasteiger charge is 2.31. The van der Waals surface area contributed by atoms with Crippen LogP contribution < -0.4 is 5.32 Å². The first kappa shape index (κ1) is 13.6. The van der Waals surface area contributed by atoms with Gasteiger partial charge in [0.1, 0.15) is 0 Å². The zero-order chi connectivity index (χ0) is 15.5. The third kappa shape index (κ3) is 1.90. The summed E-state index contributed by atoms with van der Waals surface area (Å²) in [5.41, 5.74) is 3.34. The minimum absolute atomic E-state index is 0.317. The normalized spacial score (nSPS) is 19.9. The van der Waals surface area contributed by atoms with Gasteiger partial charge in [-0.25, -0.2) is 4.98 Å². The third-order valence-electron chi connectivity index (χ3n) is 4.29. The second kappa shape index (κ2) is 4.45. The van der Waals surface area contributed by atoms with Crippen molar-refractivity contribution >= 4 is 33.2 Å². The third-order valence-corrected chi connectivity index (χ3v) is 5.52. The Balaban J connectivity index is 1.91. The number of hydrogen-bond donors (Lipinski definition) is 1. The number of nitrogens with one attached hydrogen (secondary N) is 1. The van der Waals surface area contributed by atoms with E-state index in [9.17, 15) is 8.42 Å². The monoisotopic (exact) mass is 319 g/mol. The summed E-state index contributed by atoms with van der Waals surface area (Å²) in [6.07, 6.45) is 2.10. The Kier molecular flexibility index (Phi) is 2.75. The maximum absolute atomic E-state index is 12.6. The van der Waals surface area contributed by atoms with Crippen LogP contribution in [-0.2, 0) is 10.2 Å². The van der Waals surface area contributed by atoms with Crippen LogP contribution in [0.1, 0.15) is 24.0 Å². The summed E-state index contributed by atoms with van der Waals surface area (Å²) in [7, 11) is -3.80. The number of nitrogens with zero attached hydrogens (tertiary/aromatic N) is 4. The van der Waals surface area contributed by atoms with Crippen molar-refractivity contribution in [3.05, 3.63) is 23.3 Å². The molecule has 1 aromatic carbocycles. The average Bonchev–Trinajstić information content (AvgIpc) is 3.06. The molecular weight excluding hydrogens is 302 g/mol. The maximum atomic E-state index is 12.6. The van der Waals surface area contributed by atoms with Gasteiger partial charge in [-0.2, -0.15) is 12.4 Å². The molecule has 0 radical (unpaired) electrons. The molecule has 1 fully saturated rings. The lowest BCUT2D eigenvalue weighted by Crippen LogP contribution is -2.39. The molecule has 2 aliphatic rings. The lowest BCUT2D eigenvalue weighted by Gasteiger charge is -2.23. The Morgan fingerprint density at radius 1 is 1.14 bits per heavy atom. The molecular formula is C14H17N5O2S. The van der Waals surface area contributed by atoms with Crippen LogP contribution in [-0.4, -0.2) is 41.3 Å². The number of fused-ring (bicyclic) bond motifs is 3. The van der Waals surface area contributed by atoms with Gasteiger partial charge in [0.05, 0.1) is 11.0 Å². The van der Waals surface area contributed by atoms with Crippen molar-refractivity contribution in [2.75, 3.05) is 18.4 Å². The summed E-state index contributed by atoms with van der Waals surface area (Å²) in [6.45, 7) is 5.58. The van der Waals surface area contributed by atoms with Gasteiger partial charge in [0.25, 0.3) is 0 Å². The fraction of sp³-hybridized carbons (Fsp3) is 0.429. The summed E-state index contributed by atoms with van der Waals surface area (Å²) in [5.74, 6) is 0.700. The molecule has 4 rings (SSSR count). The summed E-state index contributed by atoms with van der Waals surface area (Å²) >= 11 is 0. The maximum Gasteiger partial charge on any atom is 0.354 e. The van der Waals surface area contributed by atoms with Gasteiger partial charge in [0.2, 0.25) is 11.9 Å². The fourth-order valence-corrected chi connectivity index (χ4v) is 4.12. The molecule has 1 N–H and O–H groups in total. The zero-order valence-electron chi connectivity index (χ0n) is 12.5. The zero-order valence-corrected chi connectivity index (χ0v) is 13.3. The number of aryl methyl sites for hydroxylation is 2. The van der Waals surface area contributed by atoms with Crippen LogP contribution in [0, 0.1) is 13.8 Å². The highest BCUT2D eigenvalue weighted by atomic mass is 32.2. The molecule has 0 saturated carbocycles. The van der Waals surface area contributed by atoms with Crippen LogP contribution in [0.2, 0.25) is 0 Å². The standard InChI is InChI=1S/C14H17N5O2S/c1-9-7-11-12(8-10(9)2)19-13(15-11)16-14(17-22(19,20)21)18-5-3-4-6-18/h7-8H,3-6H2,1-2H3,(H,15,16,17). The lowest BCUT2D eigenvalue weighted by atomic mass is 10.1. The highest BCUT2D eigenvalue weighted by molar-refractivity contribution is 7.89. The van der Waals surface area contributed by atoms with Crippen LogP contribution >= 0.6 is 0 Å². The van der Waals surface area contributed by atoms with Gasteiger partial charge in [0.15, 0.2) is 0 Å². The number of guanidine groups is 1. The van der Waals surface area contributed by atoms with Gasteiger partial charge >= 0.3 is 10.2 Å². The first-order valence-corrected chi connectivity index (χ1v) is 8.72. The van der Waals surface area contributed by atoms with E-state index in [2.05, 4.69) is 14.7 Å². The smallest absolute Gasteiger partial charge is 0.342 e. The molecule has 0 aliphatic carbocycles. The molecule has 0 bridgehead atoms. The summed E-state index contributed by atoms with van der Waals surface area (Å²) in [5, 5.41) is 3.07. The molecule has 1 saturated heterocycles. The topological polar surface area (TPSA) is 79.6 Å². The number of imidazole rings is 1. The van der Waals surface area contributed by atoms with E-state index in [1.54, 1.807) is 0 Å². The summed E-state index contributed by atoms with van der Waals surface area (Å²) in [6, 6.07) is 3.75. The Bertz CT molecular complexity index is 907. The molecule has 8 heteroatoms. The van der Waals surface area contributed by atoms with Crippen LogP contribution in [0.3, 0.4) is 0 Å². The average molecular weight is 319 g/mol. The molecule has 1 aromatic heterocycles. The summed E-state index contributed by atoms with van der Waals surface area (Å²) < 4.78 is 30.3. The van der Waals surface area contributed by atoms with E-state index in [0.29, 0.717) is 22.9 Å². The predicted molar refractivity (Wildman–Crippen MR) is 85.4 cm³/mol. The molecule has 0 atom stereocenters. The van der Waals surface area contributed by atoms with Crippen molar-refractivity contribution in [1.82, 2.24) is 13.9 Å². The van der Waals surface area contributed by atoms with E-state index in [-0.39, 0.29) is 0 Å². The second-order valence-electron chi connectivity index (χ2n) is 5.84. The molecule has 0 spiro atoms. The van der Waals surface area contributed by atoms with Gasteiger partial charge in [-0.05, 0) is 49.9 Å². The number of rotatable bonds is 0. The Labute approximate surface area is 128 Å². The minimum Gasteiger partial charge on any atom is -0.342 e. The first-order valence-electron chi connectivity index (χ1n) is 7.33. The van der Waals surface area contributed by atoms with E-state index in [0.717, 1.165) is 37.1 Å². The molecule has 116 valence electrons. The molecule has 0 unspecified atom stereocenters. The number of aromatic nitrogens is 2. The molecule has 3 heterocycles. The Morgan fingerprint density at radius 3 is 2.55 bits per heavy atom. The van der Waals surface area contributed by atoms with Crippen molar-refractivity contribution in [3.8, 4) is 0 Å². The first-order chi connectivity index (χ1) is 10.5. The molecule has 0 amide bonds. The van der Waals surface area contributed by atoms with Crippen molar-refractivity contribution < 1.29 is 8.42 Å². The molecule has 7 nitrogen and oxygen atoms in total. The molecule has 2 aromatic rings. The largest absolute Gasteiger partial charge is 0.354 e. The van der Waals surface area contributed by atoms with Gasteiger partial charge in [0, 0.05) is 13.1 Å². The van der Waals surface area contributed by atoms with Crippen LogP contribution in [0.4, 0.5) is 5.95 Å². The van der Waals surface area contributed by atoms with Gasteiger partial charge in [-0.3, -0.25) is 5.32 Å². The van der Waals surface area contributed by atoms with Crippen molar-refractivity contribution in [1.29, 1.82) is 0 Å². The van der Waals surface area contributed by atoms with Gasteiger partial charge in [-0.1, -0.05) is 0 Å². The van der Waals surface area contributed by atoms with Crippen molar-refractivity contribution in [3.63, 3.8) is 0 Å². The number of anilines is 1. The van der Waals surface area contributed by atoms with E-state index < -0.39 is 10.2 Å². The van der Waals surface area contributed by atoms with Crippen molar-refractivity contribution in [2.24, 2.45) is 4.40 Å². The quantitative estimate of drug-likeness (QED) is 0.798. The lowest BCUT2D eigenvalue weighted by molar-refractivity contribution is 0.515. The summed E-state index contributed by atoms with van der Waals surface area (Å²) in [4.78, 5) is 6.39. The van der Waals surface area contributed by atoms with Gasteiger partial charge in [-0.15, -0.1) is 4.40 Å².